The molecule has 3 rings (SSSR count). The second-order valence-electron chi connectivity index (χ2n) is 6.13. The monoisotopic (exact) mass is 344 g/mol. The van der Waals surface area contributed by atoms with Gasteiger partial charge in [-0.1, -0.05) is 41.9 Å². The summed E-state index contributed by atoms with van der Waals surface area (Å²) in [4.78, 5) is 11.4. The highest BCUT2D eigenvalue weighted by Gasteiger charge is 2.17. The Bertz CT molecular complexity index is 748. The van der Waals surface area contributed by atoms with Gasteiger partial charge in [-0.15, -0.1) is 0 Å². The van der Waals surface area contributed by atoms with Crippen LogP contribution in [0.5, 0.6) is 0 Å². The van der Waals surface area contributed by atoms with Gasteiger partial charge in [0.25, 0.3) is 0 Å². The maximum atomic E-state index is 11.4. The van der Waals surface area contributed by atoms with Gasteiger partial charge in [-0.25, -0.2) is 0 Å². The van der Waals surface area contributed by atoms with Crippen LogP contribution in [0.15, 0.2) is 42.5 Å². The van der Waals surface area contributed by atoms with E-state index in [0.29, 0.717) is 18.0 Å². The molecule has 0 radical (unpaired) electrons. The van der Waals surface area contributed by atoms with Crippen LogP contribution in [0.2, 0.25) is 5.02 Å². The minimum absolute atomic E-state index is 0.0734. The number of nitrogens with one attached hydrogen (secondary N) is 2. The minimum atomic E-state index is -0.655. The number of carbonyl (C=O) groups excluding carboxylic acids is 1. The normalized spacial score (nSPS) is 16.2. The quantitative estimate of drug-likeness (QED) is 0.776. The molecule has 0 aliphatic carbocycles. The van der Waals surface area contributed by atoms with Crippen LogP contribution >= 0.6 is 11.6 Å². The molecule has 0 saturated heterocycles. The number of carbonyl (C=O) groups is 1. The molecule has 2 unspecified atom stereocenters. The Morgan fingerprint density at radius 2 is 2.04 bits per heavy atom. The third-order valence-corrected chi connectivity index (χ3v) is 4.75. The number of rotatable bonds is 5. The summed E-state index contributed by atoms with van der Waals surface area (Å²) in [5.74, 6) is 0.0734. The van der Waals surface area contributed by atoms with Gasteiger partial charge in [0.2, 0.25) is 5.91 Å². The predicted octanol–water partition coefficient (Wildman–Crippen LogP) is 3.61. The number of aliphatic hydroxyl groups is 1. The van der Waals surface area contributed by atoms with Gasteiger partial charge < -0.3 is 15.7 Å². The van der Waals surface area contributed by atoms with Gasteiger partial charge in [0, 0.05) is 35.3 Å². The number of aliphatic hydroxyl groups excluding tert-OH is 1. The van der Waals surface area contributed by atoms with Gasteiger partial charge >= 0.3 is 0 Å². The summed E-state index contributed by atoms with van der Waals surface area (Å²) in [6.07, 6.45) is 0.644. The van der Waals surface area contributed by atoms with E-state index in [1.54, 1.807) is 6.07 Å². The summed E-state index contributed by atoms with van der Waals surface area (Å²) in [6.45, 7) is 2.47. The number of hydrogen-bond acceptors (Lipinski definition) is 3. The van der Waals surface area contributed by atoms with Crippen molar-refractivity contribution in [1.82, 2.24) is 5.32 Å². The van der Waals surface area contributed by atoms with Crippen LogP contribution in [0.25, 0.3) is 0 Å². The molecule has 24 heavy (non-hydrogen) atoms. The second-order valence-corrected chi connectivity index (χ2v) is 6.54. The first-order valence-corrected chi connectivity index (χ1v) is 8.51. The first-order chi connectivity index (χ1) is 11.5. The third kappa shape index (κ3) is 3.78. The highest BCUT2D eigenvalue weighted by Crippen LogP contribution is 2.27. The van der Waals surface area contributed by atoms with E-state index in [0.717, 1.165) is 28.8 Å². The SMILES string of the molecule is CC(NCC(O)c1ccccc1Cl)c1ccc2c(c1)CCC(=O)N2. The van der Waals surface area contributed by atoms with E-state index in [9.17, 15) is 9.90 Å². The lowest BCUT2D eigenvalue weighted by atomic mass is 9.97. The van der Waals surface area contributed by atoms with E-state index in [4.69, 9.17) is 11.6 Å². The van der Waals surface area contributed by atoms with Crippen LogP contribution in [0.1, 0.15) is 42.2 Å². The molecule has 126 valence electrons. The van der Waals surface area contributed by atoms with Gasteiger partial charge in [0.05, 0.1) is 6.10 Å². The summed E-state index contributed by atoms with van der Waals surface area (Å²) >= 11 is 6.12. The molecule has 0 aromatic heterocycles. The maximum absolute atomic E-state index is 11.4. The van der Waals surface area contributed by atoms with Crippen molar-refractivity contribution in [1.29, 1.82) is 0 Å². The summed E-state index contributed by atoms with van der Waals surface area (Å²) in [5.41, 5.74) is 3.92. The van der Waals surface area contributed by atoms with Crippen molar-refractivity contribution in [3.05, 3.63) is 64.2 Å². The standard InChI is InChI=1S/C19H21ClN2O2/c1-12(21-11-18(23)15-4-2-3-5-16(15)20)13-6-8-17-14(10-13)7-9-19(24)22-17/h2-6,8,10,12,18,21,23H,7,9,11H2,1H3,(H,22,24). The molecule has 0 spiro atoms. The van der Waals surface area contributed by atoms with Crippen LogP contribution in [0.3, 0.4) is 0 Å². The molecule has 3 N–H and O–H groups in total. The van der Waals surface area contributed by atoms with Gasteiger partial charge in [0.1, 0.15) is 0 Å². The average Bonchev–Trinajstić information content (AvgIpc) is 2.59. The summed E-state index contributed by atoms with van der Waals surface area (Å²) < 4.78 is 0. The van der Waals surface area contributed by atoms with E-state index in [1.807, 2.05) is 30.3 Å². The van der Waals surface area contributed by atoms with Gasteiger partial charge in [0.15, 0.2) is 0 Å². The highest BCUT2D eigenvalue weighted by atomic mass is 35.5. The van der Waals surface area contributed by atoms with Crippen molar-refractivity contribution in [3.63, 3.8) is 0 Å². The predicted molar refractivity (Wildman–Crippen MR) is 96.2 cm³/mol. The molecule has 1 amide bonds. The summed E-state index contributed by atoms with van der Waals surface area (Å²) in [7, 11) is 0. The first kappa shape index (κ1) is 17.0. The number of hydrogen-bond donors (Lipinski definition) is 3. The Labute approximate surface area is 146 Å². The fourth-order valence-electron chi connectivity index (χ4n) is 2.93. The van der Waals surface area contributed by atoms with Crippen LogP contribution in [0.4, 0.5) is 5.69 Å². The molecule has 0 saturated carbocycles. The molecule has 0 fully saturated rings. The lowest BCUT2D eigenvalue weighted by Crippen LogP contribution is -2.25. The smallest absolute Gasteiger partial charge is 0.224 e. The average molecular weight is 345 g/mol. The Kier molecular flexibility index (Phi) is 5.19. The molecular formula is C19H21ClN2O2. The Morgan fingerprint density at radius 3 is 2.83 bits per heavy atom. The van der Waals surface area contributed by atoms with Crippen molar-refractivity contribution in [2.45, 2.75) is 31.9 Å². The molecule has 4 nitrogen and oxygen atoms in total. The zero-order valence-corrected chi connectivity index (χ0v) is 14.3. The van der Waals surface area contributed by atoms with Gasteiger partial charge in [-0.3, -0.25) is 4.79 Å². The lowest BCUT2D eigenvalue weighted by Gasteiger charge is -2.22. The molecule has 2 atom stereocenters. The van der Waals surface area contributed by atoms with Crippen LogP contribution < -0.4 is 10.6 Å². The number of halogens is 1. The highest BCUT2D eigenvalue weighted by molar-refractivity contribution is 6.31. The van der Waals surface area contributed by atoms with Gasteiger partial charge in [-0.2, -0.15) is 0 Å². The largest absolute Gasteiger partial charge is 0.387 e. The summed E-state index contributed by atoms with van der Waals surface area (Å²) in [6, 6.07) is 13.5. The molecule has 5 heteroatoms. The fourth-order valence-corrected chi connectivity index (χ4v) is 3.20. The lowest BCUT2D eigenvalue weighted by molar-refractivity contribution is -0.116. The number of amides is 1. The van der Waals surface area contributed by atoms with Gasteiger partial charge in [-0.05, 0) is 36.6 Å². The topological polar surface area (TPSA) is 61.4 Å². The van der Waals surface area contributed by atoms with Crippen LogP contribution in [-0.4, -0.2) is 17.6 Å². The maximum Gasteiger partial charge on any atom is 0.224 e. The van der Waals surface area contributed by atoms with E-state index in [-0.39, 0.29) is 11.9 Å². The Hall–Kier alpha value is -1.88. The molecule has 2 aromatic carbocycles. The van der Waals surface area contributed by atoms with E-state index < -0.39 is 6.10 Å². The molecule has 1 aliphatic rings. The number of fused-ring (bicyclic) bond motifs is 1. The zero-order valence-electron chi connectivity index (χ0n) is 13.6. The second kappa shape index (κ2) is 7.34. The van der Waals surface area contributed by atoms with Crippen molar-refractivity contribution in [2.75, 3.05) is 11.9 Å². The van der Waals surface area contributed by atoms with E-state index in [1.165, 1.54) is 0 Å². The van der Waals surface area contributed by atoms with Crippen molar-refractivity contribution < 1.29 is 9.90 Å². The van der Waals surface area contributed by atoms with Crippen LogP contribution in [-0.2, 0) is 11.2 Å². The van der Waals surface area contributed by atoms with Crippen molar-refractivity contribution in [2.24, 2.45) is 0 Å². The third-order valence-electron chi connectivity index (χ3n) is 4.41. The van der Waals surface area contributed by atoms with E-state index >= 15 is 0 Å². The molecular weight excluding hydrogens is 324 g/mol. The van der Waals surface area contributed by atoms with Crippen molar-refractivity contribution >= 4 is 23.2 Å². The molecule has 0 bridgehead atoms. The molecule has 1 aliphatic heterocycles. The van der Waals surface area contributed by atoms with Crippen molar-refractivity contribution in [3.8, 4) is 0 Å². The molecule has 2 aromatic rings. The number of anilines is 1. The first-order valence-electron chi connectivity index (χ1n) is 8.13. The molecule has 1 heterocycles. The van der Waals surface area contributed by atoms with Crippen LogP contribution in [0, 0.1) is 0 Å². The Morgan fingerprint density at radius 1 is 1.25 bits per heavy atom. The summed E-state index contributed by atoms with van der Waals surface area (Å²) in [5, 5.41) is 17.1. The Balaban J connectivity index is 1.64. The zero-order chi connectivity index (χ0) is 17.1. The number of benzene rings is 2. The minimum Gasteiger partial charge on any atom is -0.387 e. The van der Waals surface area contributed by atoms with E-state index in [2.05, 4.69) is 23.6 Å². The number of aryl methyl sites for hydroxylation is 1. The fraction of sp³-hybridized carbons (Fsp3) is 0.316.